The van der Waals surface area contributed by atoms with E-state index in [0.717, 1.165) is 18.2 Å². The summed E-state index contributed by atoms with van der Waals surface area (Å²) in [5, 5.41) is 3.37. The Hall–Kier alpha value is -1.71. The fourth-order valence-electron chi connectivity index (χ4n) is 2.86. The highest BCUT2D eigenvalue weighted by Gasteiger charge is 2.13. The van der Waals surface area contributed by atoms with Crippen molar-refractivity contribution in [1.29, 1.82) is 0 Å². The minimum Gasteiger partial charge on any atom is -0.465 e. The van der Waals surface area contributed by atoms with Crippen LogP contribution in [-0.2, 0) is 4.74 Å². The highest BCUT2D eigenvalue weighted by molar-refractivity contribution is 5.91. The maximum Gasteiger partial charge on any atom is 0.337 e. The van der Waals surface area contributed by atoms with E-state index >= 15 is 0 Å². The predicted octanol–water partition coefficient (Wildman–Crippen LogP) is 3.44. The van der Waals surface area contributed by atoms with E-state index in [-0.39, 0.29) is 5.97 Å². The number of benzene rings is 1. The first-order chi connectivity index (χ1) is 9.70. The van der Waals surface area contributed by atoms with Gasteiger partial charge >= 0.3 is 5.97 Å². The first-order valence-electron chi connectivity index (χ1n) is 7.42. The third kappa shape index (κ3) is 3.89. The minimum atomic E-state index is -0.356. The van der Waals surface area contributed by atoms with Crippen LogP contribution in [0, 0.1) is 5.92 Å². The van der Waals surface area contributed by atoms with Gasteiger partial charge < -0.3 is 15.8 Å². The van der Waals surface area contributed by atoms with Crippen LogP contribution in [0.2, 0.25) is 0 Å². The van der Waals surface area contributed by atoms with Crippen LogP contribution in [0.3, 0.4) is 0 Å². The van der Waals surface area contributed by atoms with Gasteiger partial charge in [-0.15, -0.1) is 0 Å². The molecule has 110 valence electrons. The fourth-order valence-corrected chi connectivity index (χ4v) is 2.86. The molecule has 0 radical (unpaired) electrons. The Kier molecular flexibility index (Phi) is 5.27. The zero-order valence-corrected chi connectivity index (χ0v) is 12.2. The lowest BCUT2D eigenvalue weighted by molar-refractivity contribution is 0.0601. The molecule has 3 N–H and O–H groups in total. The number of nitrogens with two attached hydrogens (primary N) is 1. The van der Waals surface area contributed by atoms with Crippen LogP contribution >= 0.6 is 0 Å². The third-order valence-corrected chi connectivity index (χ3v) is 4.07. The molecule has 1 aliphatic carbocycles. The molecular formula is C16H24N2O2. The summed E-state index contributed by atoms with van der Waals surface area (Å²) in [5.74, 6) is 0.497. The second-order valence-corrected chi connectivity index (χ2v) is 5.51. The van der Waals surface area contributed by atoms with Crippen molar-refractivity contribution < 1.29 is 9.53 Å². The number of methoxy groups -OCH3 is 1. The molecule has 1 aromatic carbocycles. The maximum atomic E-state index is 11.4. The summed E-state index contributed by atoms with van der Waals surface area (Å²) in [6.45, 7) is 0.937. The van der Waals surface area contributed by atoms with E-state index in [1.807, 2.05) is 6.07 Å². The van der Waals surface area contributed by atoms with E-state index < -0.39 is 0 Å². The molecule has 0 amide bonds. The van der Waals surface area contributed by atoms with E-state index in [9.17, 15) is 4.79 Å². The van der Waals surface area contributed by atoms with Crippen LogP contribution in [0.15, 0.2) is 18.2 Å². The molecule has 0 bridgehead atoms. The molecule has 1 aromatic rings. The van der Waals surface area contributed by atoms with Gasteiger partial charge in [-0.3, -0.25) is 0 Å². The van der Waals surface area contributed by atoms with Gasteiger partial charge in [-0.2, -0.15) is 0 Å². The largest absolute Gasteiger partial charge is 0.465 e. The number of nitrogens with one attached hydrogen (secondary N) is 1. The number of esters is 1. The Bertz CT molecular complexity index is 454. The highest BCUT2D eigenvalue weighted by Crippen LogP contribution is 2.27. The number of ether oxygens (including phenoxy) is 1. The zero-order valence-electron chi connectivity index (χ0n) is 12.2. The van der Waals surface area contributed by atoms with Gasteiger partial charge in [0.25, 0.3) is 0 Å². The van der Waals surface area contributed by atoms with Gasteiger partial charge in [0.05, 0.1) is 24.0 Å². The minimum absolute atomic E-state index is 0.356. The molecule has 1 aliphatic rings. The molecule has 0 saturated heterocycles. The first kappa shape index (κ1) is 14.7. The quantitative estimate of drug-likeness (QED) is 0.638. The van der Waals surface area contributed by atoms with Crippen LogP contribution in [-0.4, -0.2) is 19.6 Å². The van der Waals surface area contributed by atoms with E-state index in [0.29, 0.717) is 11.3 Å². The van der Waals surface area contributed by atoms with E-state index in [4.69, 9.17) is 5.73 Å². The molecule has 20 heavy (non-hydrogen) atoms. The van der Waals surface area contributed by atoms with Gasteiger partial charge in [0.2, 0.25) is 0 Å². The van der Waals surface area contributed by atoms with E-state index in [1.54, 1.807) is 12.1 Å². The summed E-state index contributed by atoms with van der Waals surface area (Å²) < 4.78 is 4.68. The average Bonchev–Trinajstić information content (AvgIpc) is 2.49. The molecule has 2 rings (SSSR count). The summed E-state index contributed by atoms with van der Waals surface area (Å²) >= 11 is 0. The summed E-state index contributed by atoms with van der Waals surface area (Å²) in [6, 6.07) is 5.25. The summed E-state index contributed by atoms with van der Waals surface area (Å²) in [4.78, 5) is 11.4. The molecule has 0 spiro atoms. The van der Waals surface area contributed by atoms with Crippen molar-refractivity contribution in [1.82, 2.24) is 0 Å². The molecule has 0 unspecified atom stereocenters. The molecule has 0 heterocycles. The predicted molar refractivity (Wildman–Crippen MR) is 81.9 cm³/mol. The number of hydrogen-bond donors (Lipinski definition) is 2. The zero-order chi connectivity index (χ0) is 14.4. The standard InChI is InChI=1S/C16H24N2O2/c1-20-16(19)13-7-8-15(14(17)11-13)18-10-9-12-5-3-2-4-6-12/h7-8,11-12,18H,2-6,9-10,17H2,1H3. The van der Waals surface area contributed by atoms with Crippen LogP contribution in [0.4, 0.5) is 11.4 Å². The second-order valence-electron chi connectivity index (χ2n) is 5.51. The van der Waals surface area contributed by atoms with Crippen LogP contribution in [0.25, 0.3) is 0 Å². The van der Waals surface area contributed by atoms with Gasteiger partial charge in [-0.1, -0.05) is 32.1 Å². The smallest absolute Gasteiger partial charge is 0.337 e. The number of carbonyl (C=O) groups is 1. The highest BCUT2D eigenvalue weighted by atomic mass is 16.5. The summed E-state index contributed by atoms with van der Waals surface area (Å²) in [6.07, 6.45) is 8.06. The van der Waals surface area contributed by atoms with Crippen molar-refractivity contribution in [3.05, 3.63) is 23.8 Å². The number of nitrogen functional groups attached to an aromatic ring is 1. The molecular weight excluding hydrogens is 252 g/mol. The molecule has 4 nitrogen and oxygen atoms in total. The Labute approximate surface area is 120 Å². The Morgan fingerprint density at radius 1 is 1.35 bits per heavy atom. The average molecular weight is 276 g/mol. The third-order valence-electron chi connectivity index (χ3n) is 4.07. The maximum absolute atomic E-state index is 11.4. The molecule has 0 aliphatic heterocycles. The Morgan fingerprint density at radius 2 is 2.10 bits per heavy atom. The van der Waals surface area contributed by atoms with Crippen molar-refractivity contribution in [3.63, 3.8) is 0 Å². The number of hydrogen-bond acceptors (Lipinski definition) is 4. The van der Waals surface area contributed by atoms with Crippen molar-refractivity contribution in [2.75, 3.05) is 24.7 Å². The molecule has 1 saturated carbocycles. The molecule has 0 atom stereocenters. The van der Waals surface area contributed by atoms with E-state index in [1.165, 1.54) is 45.6 Å². The van der Waals surface area contributed by atoms with Crippen molar-refractivity contribution in [2.45, 2.75) is 38.5 Å². The second kappa shape index (κ2) is 7.17. The van der Waals surface area contributed by atoms with Gasteiger partial charge in [0.15, 0.2) is 0 Å². The van der Waals surface area contributed by atoms with Crippen LogP contribution < -0.4 is 11.1 Å². The van der Waals surface area contributed by atoms with E-state index in [2.05, 4.69) is 10.1 Å². The molecule has 0 aromatic heterocycles. The fraction of sp³-hybridized carbons (Fsp3) is 0.562. The monoisotopic (exact) mass is 276 g/mol. The number of anilines is 2. The van der Waals surface area contributed by atoms with Crippen molar-refractivity contribution in [2.24, 2.45) is 5.92 Å². The number of rotatable bonds is 5. The summed E-state index contributed by atoms with van der Waals surface area (Å²) in [5.41, 5.74) is 7.94. The topological polar surface area (TPSA) is 64.3 Å². The van der Waals surface area contributed by atoms with Gasteiger partial charge in [0, 0.05) is 6.54 Å². The van der Waals surface area contributed by atoms with Crippen molar-refractivity contribution >= 4 is 17.3 Å². The lowest BCUT2D eigenvalue weighted by Crippen LogP contribution is -2.13. The Balaban J connectivity index is 1.84. The molecule has 4 heteroatoms. The van der Waals surface area contributed by atoms with Crippen LogP contribution in [0.1, 0.15) is 48.9 Å². The normalized spacial score (nSPS) is 15.8. The lowest BCUT2D eigenvalue weighted by atomic mass is 9.87. The lowest BCUT2D eigenvalue weighted by Gasteiger charge is -2.21. The number of carbonyl (C=O) groups excluding carboxylic acids is 1. The van der Waals surface area contributed by atoms with Gasteiger partial charge in [-0.25, -0.2) is 4.79 Å². The van der Waals surface area contributed by atoms with Crippen LogP contribution in [0.5, 0.6) is 0 Å². The SMILES string of the molecule is COC(=O)c1ccc(NCCC2CCCCC2)c(N)c1. The van der Waals surface area contributed by atoms with Gasteiger partial charge in [0.1, 0.15) is 0 Å². The summed E-state index contributed by atoms with van der Waals surface area (Å²) in [7, 11) is 1.37. The first-order valence-corrected chi connectivity index (χ1v) is 7.42. The molecule has 1 fully saturated rings. The Morgan fingerprint density at radius 3 is 2.75 bits per heavy atom. The van der Waals surface area contributed by atoms with Crippen molar-refractivity contribution in [3.8, 4) is 0 Å². The van der Waals surface area contributed by atoms with Gasteiger partial charge in [-0.05, 0) is 30.5 Å².